The fraction of sp³-hybridized carbons (Fsp3) is 0.316. The predicted molar refractivity (Wildman–Crippen MR) is 99.4 cm³/mol. The van der Waals surface area contributed by atoms with Crippen molar-refractivity contribution in [2.24, 2.45) is 0 Å². The molecule has 0 aliphatic rings. The van der Waals surface area contributed by atoms with E-state index in [1.54, 1.807) is 0 Å². The zero-order chi connectivity index (χ0) is 18.4. The van der Waals surface area contributed by atoms with Gasteiger partial charge in [-0.1, -0.05) is 60.2 Å². The Labute approximate surface area is 149 Å². The van der Waals surface area contributed by atoms with Crippen molar-refractivity contribution in [3.8, 4) is 0 Å². The van der Waals surface area contributed by atoms with Crippen LogP contribution in [0, 0.1) is 6.92 Å². The fourth-order valence-electron chi connectivity index (χ4n) is 2.46. The molecule has 0 aliphatic carbocycles. The first-order chi connectivity index (χ1) is 11.8. The molecule has 0 spiro atoms. The van der Waals surface area contributed by atoms with Crippen molar-refractivity contribution in [1.82, 2.24) is 9.62 Å². The summed E-state index contributed by atoms with van der Waals surface area (Å²) in [4.78, 5) is 12.3. The first kappa shape index (κ1) is 19.1. The van der Waals surface area contributed by atoms with Crippen LogP contribution in [0.25, 0.3) is 0 Å². The summed E-state index contributed by atoms with van der Waals surface area (Å²) in [5, 5.41) is 2.85. The van der Waals surface area contributed by atoms with Crippen LogP contribution in [0.15, 0.2) is 54.6 Å². The van der Waals surface area contributed by atoms with Crippen LogP contribution in [0.3, 0.4) is 0 Å². The monoisotopic (exact) mass is 360 g/mol. The number of carbonyl (C=O) groups is 1. The molecule has 1 amide bonds. The molecule has 5 nitrogen and oxygen atoms in total. The van der Waals surface area contributed by atoms with E-state index in [4.69, 9.17) is 0 Å². The third-order valence-electron chi connectivity index (χ3n) is 3.95. The molecule has 134 valence electrons. The van der Waals surface area contributed by atoms with Gasteiger partial charge in [0.2, 0.25) is 15.9 Å². The summed E-state index contributed by atoms with van der Waals surface area (Å²) in [5.74, 6) is -0.325. The smallest absolute Gasteiger partial charge is 0.235 e. The molecule has 1 atom stereocenters. The van der Waals surface area contributed by atoms with Crippen LogP contribution in [0.5, 0.6) is 0 Å². The Hall–Kier alpha value is -2.18. The van der Waals surface area contributed by atoms with Gasteiger partial charge in [-0.05, 0) is 25.0 Å². The molecule has 2 aromatic rings. The number of sulfonamides is 1. The SMILES string of the molecule is Cc1ccc(CN(CC(=O)N[C@H](C)c2ccccc2)S(C)(=O)=O)cc1. The molecule has 2 rings (SSSR count). The summed E-state index contributed by atoms with van der Waals surface area (Å²) in [6.45, 7) is 3.81. The number of amides is 1. The summed E-state index contributed by atoms with van der Waals surface area (Å²) in [7, 11) is -3.50. The van der Waals surface area contributed by atoms with E-state index in [1.807, 2.05) is 68.4 Å². The first-order valence-corrected chi connectivity index (χ1v) is 9.95. The molecule has 0 fully saturated rings. The van der Waals surface area contributed by atoms with Crippen molar-refractivity contribution in [1.29, 1.82) is 0 Å². The third-order valence-corrected chi connectivity index (χ3v) is 5.14. The Morgan fingerprint density at radius 2 is 1.68 bits per heavy atom. The van der Waals surface area contributed by atoms with Gasteiger partial charge in [-0.15, -0.1) is 0 Å². The van der Waals surface area contributed by atoms with E-state index < -0.39 is 10.0 Å². The van der Waals surface area contributed by atoms with Gasteiger partial charge in [0.25, 0.3) is 0 Å². The lowest BCUT2D eigenvalue weighted by atomic mass is 10.1. The molecule has 0 unspecified atom stereocenters. The minimum absolute atomic E-state index is 0.173. The van der Waals surface area contributed by atoms with Gasteiger partial charge in [-0.2, -0.15) is 4.31 Å². The van der Waals surface area contributed by atoms with Gasteiger partial charge in [0.1, 0.15) is 0 Å². The standard InChI is InChI=1S/C19H24N2O3S/c1-15-9-11-17(12-10-15)13-21(25(3,23)24)14-19(22)20-16(2)18-7-5-4-6-8-18/h4-12,16H,13-14H2,1-3H3,(H,20,22)/t16-/m1/s1. The molecule has 2 aromatic carbocycles. The molecule has 0 radical (unpaired) electrons. The second-order valence-corrected chi connectivity index (χ2v) is 8.20. The summed E-state index contributed by atoms with van der Waals surface area (Å²) in [5.41, 5.74) is 2.92. The lowest BCUT2D eigenvalue weighted by Crippen LogP contribution is -2.40. The van der Waals surface area contributed by atoms with E-state index in [9.17, 15) is 13.2 Å². The van der Waals surface area contributed by atoms with Gasteiger partial charge in [0.15, 0.2) is 0 Å². The van der Waals surface area contributed by atoms with Gasteiger partial charge in [-0.25, -0.2) is 8.42 Å². The minimum atomic E-state index is -3.50. The average Bonchev–Trinajstić information content (AvgIpc) is 2.56. The van der Waals surface area contributed by atoms with E-state index in [2.05, 4.69) is 5.32 Å². The van der Waals surface area contributed by atoms with Crippen molar-refractivity contribution in [3.63, 3.8) is 0 Å². The molecular formula is C19H24N2O3S. The molecule has 0 aromatic heterocycles. The highest BCUT2D eigenvalue weighted by Gasteiger charge is 2.21. The summed E-state index contributed by atoms with van der Waals surface area (Å²) in [6.07, 6.45) is 1.12. The summed E-state index contributed by atoms with van der Waals surface area (Å²) >= 11 is 0. The quantitative estimate of drug-likeness (QED) is 0.825. The lowest BCUT2D eigenvalue weighted by molar-refractivity contribution is -0.122. The molecule has 6 heteroatoms. The zero-order valence-corrected chi connectivity index (χ0v) is 15.6. The maximum absolute atomic E-state index is 12.3. The highest BCUT2D eigenvalue weighted by molar-refractivity contribution is 7.88. The van der Waals surface area contributed by atoms with Gasteiger partial charge >= 0.3 is 0 Å². The van der Waals surface area contributed by atoms with Crippen LogP contribution in [-0.2, 0) is 21.4 Å². The van der Waals surface area contributed by atoms with Gasteiger partial charge < -0.3 is 5.32 Å². The summed E-state index contributed by atoms with van der Waals surface area (Å²) in [6, 6.07) is 17.0. The van der Waals surface area contributed by atoms with E-state index in [0.717, 1.165) is 22.9 Å². The van der Waals surface area contributed by atoms with Crippen molar-refractivity contribution in [2.45, 2.75) is 26.4 Å². The lowest BCUT2D eigenvalue weighted by Gasteiger charge is -2.21. The average molecular weight is 360 g/mol. The largest absolute Gasteiger partial charge is 0.348 e. The van der Waals surface area contributed by atoms with Gasteiger partial charge in [0, 0.05) is 6.54 Å². The van der Waals surface area contributed by atoms with E-state index in [1.165, 1.54) is 4.31 Å². The maximum Gasteiger partial charge on any atom is 0.235 e. The molecule has 0 saturated carbocycles. The Bertz CT molecular complexity index is 802. The Morgan fingerprint density at radius 1 is 1.08 bits per heavy atom. The predicted octanol–water partition coefficient (Wildman–Crippen LogP) is 2.63. The van der Waals surface area contributed by atoms with Crippen molar-refractivity contribution >= 4 is 15.9 Å². The van der Waals surface area contributed by atoms with Crippen molar-refractivity contribution < 1.29 is 13.2 Å². The first-order valence-electron chi connectivity index (χ1n) is 8.10. The van der Waals surface area contributed by atoms with Crippen LogP contribution in [0.2, 0.25) is 0 Å². The minimum Gasteiger partial charge on any atom is -0.348 e. The highest BCUT2D eigenvalue weighted by atomic mass is 32.2. The van der Waals surface area contributed by atoms with Crippen LogP contribution >= 0.6 is 0 Å². The molecule has 0 heterocycles. The Balaban J connectivity index is 2.04. The number of benzene rings is 2. The number of hydrogen-bond acceptors (Lipinski definition) is 3. The van der Waals surface area contributed by atoms with Crippen LogP contribution < -0.4 is 5.32 Å². The Kier molecular flexibility index (Phi) is 6.33. The third kappa shape index (κ3) is 5.99. The Morgan fingerprint density at radius 3 is 2.24 bits per heavy atom. The molecular weight excluding hydrogens is 336 g/mol. The summed E-state index contributed by atoms with van der Waals surface area (Å²) < 4.78 is 25.3. The fourth-order valence-corrected chi connectivity index (χ4v) is 3.20. The number of aryl methyl sites for hydroxylation is 1. The van der Waals surface area contributed by atoms with Crippen molar-refractivity contribution in [3.05, 3.63) is 71.3 Å². The van der Waals surface area contributed by atoms with Crippen LogP contribution in [0.4, 0.5) is 0 Å². The number of rotatable bonds is 7. The molecule has 1 N–H and O–H groups in total. The normalized spacial score (nSPS) is 12.8. The maximum atomic E-state index is 12.3. The van der Waals surface area contributed by atoms with Crippen molar-refractivity contribution in [2.75, 3.05) is 12.8 Å². The molecule has 0 saturated heterocycles. The second-order valence-electron chi connectivity index (χ2n) is 6.22. The molecule has 0 aliphatic heterocycles. The van der Waals surface area contributed by atoms with Crippen LogP contribution in [-0.4, -0.2) is 31.4 Å². The van der Waals surface area contributed by atoms with E-state index >= 15 is 0 Å². The van der Waals surface area contributed by atoms with Crippen LogP contribution in [0.1, 0.15) is 29.7 Å². The van der Waals surface area contributed by atoms with Gasteiger partial charge in [0.05, 0.1) is 18.8 Å². The zero-order valence-electron chi connectivity index (χ0n) is 14.8. The number of carbonyl (C=O) groups excluding carboxylic acids is 1. The van der Waals surface area contributed by atoms with E-state index in [0.29, 0.717) is 0 Å². The van der Waals surface area contributed by atoms with Gasteiger partial charge in [-0.3, -0.25) is 4.79 Å². The van der Waals surface area contributed by atoms with E-state index in [-0.39, 0.29) is 25.0 Å². The second kappa shape index (κ2) is 8.27. The number of hydrogen-bond donors (Lipinski definition) is 1. The number of nitrogens with zero attached hydrogens (tertiary/aromatic N) is 1. The number of nitrogens with one attached hydrogen (secondary N) is 1. The molecule has 0 bridgehead atoms. The highest BCUT2D eigenvalue weighted by Crippen LogP contribution is 2.13. The topological polar surface area (TPSA) is 66.5 Å². The molecule has 25 heavy (non-hydrogen) atoms.